The molecule has 0 saturated heterocycles. The Balaban J connectivity index is 2.15. The smallest absolute Gasteiger partial charge is 0.158 e. The maximum atomic E-state index is 12.3. The molecule has 0 aromatic heterocycles. The summed E-state index contributed by atoms with van der Waals surface area (Å²) in [6, 6.07) is 15.1. The highest BCUT2D eigenvalue weighted by atomic mass is 16.1. The van der Waals surface area contributed by atoms with E-state index in [0.29, 0.717) is 6.42 Å². The fraction of sp³-hybridized carbons (Fsp3) is 0.235. The Morgan fingerprint density at radius 3 is 2.47 bits per heavy atom. The zero-order valence-corrected chi connectivity index (χ0v) is 11.4. The topological polar surface area (TPSA) is 43.1 Å². The van der Waals surface area contributed by atoms with Crippen LogP contribution in [0.5, 0.6) is 0 Å². The van der Waals surface area contributed by atoms with Gasteiger partial charge in [-0.25, -0.2) is 0 Å². The van der Waals surface area contributed by atoms with Gasteiger partial charge in [-0.3, -0.25) is 4.79 Å². The minimum Gasteiger partial charge on any atom is -0.318 e. The number of ketones is 1. The van der Waals surface area contributed by atoms with E-state index >= 15 is 0 Å². The molecule has 98 valence electrons. The molecule has 19 heavy (non-hydrogen) atoms. The average Bonchev–Trinajstić information content (AvgIpc) is 2.43. The van der Waals surface area contributed by atoms with Crippen molar-refractivity contribution in [3.63, 3.8) is 0 Å². The molecule has 0 unspecified atom stereocenters. The summed E-state index contributed by atoms with van der Waals surface area (Å²) in [7, 11) is 0. The van der Waals surface area contributed by atoms with Gasteiger partial charge in [-0.05, 0) is 30.5 Å². The first-order chi connectivity index (χ1) is 9.08. The van der Waals surface area contributed by atoms with E-state index in [9.17, 15) is 4.79 Å². The van der Waals surface area contributed by atoms with Crippen LogP contribution in [-0.2, 0) is 11.2 Å². The van der Waals surface area contributed by atoms with Crippen molar-refractivity contribution in [1.82, 2.24) is 0 Å². The third kappa shape index (κ3) is 3.30. The van der Waals surface area contributed by atoms with Gasteiger partial charge in [0, 0.05) is 6.42 Å². The predicted octanol–water partition coefficient (Wildman–Crippen LogP) is 3.12. The van der Waals surface area contributed by atoms with Crippen LogP contribution in [0, 0.1) is 13.8 Å². The summed E-state index contributed by atoms with van der Waals surface area (Å²) in [6.07, 6.45) is 0.392. The molecule has 0 heterocycles. The molecule has 2 aromatic carbocycles. The first-order valence-corrected chi connectivity index (χ1v) is 6.47. The van der Waals surface area contributed by atoms with Crippen LogP contribution in [0.25, 0.3) is 0 Å². The predicted molar refractivity (Wildman–Crippen MR) is 78.0 cm³/mol. The Bertz CT molecular complexity index is 575. The summed E-state index contributed by atoms with van der Waals surface area (Å²) in [5.74, 6) is 0.0555. The summed E-state index contributed by atoms with van der Waals surface area (Å²) in [6.45, 7) is 4.06. The molecular formula is C17H19NO. The molecule has 0 radical (unpaired) electrons. The van der Waals surface area contributed by atoms with Gasteiger partial charge in [-0.15, -0.1) is 0 Å². The van der Waals surface area contributed by atoms with Crippen LogP contribution < -0.4 is 5.73 Å². The number of hydrogen-bond donors (Lipinski definition) is 1. The molecule has 0 aliphatic rings. The van der Waals surface area contributed by atoms with Gasteiger partial charge >= 0.3 is 0 Å². The lowest BCUT2D eigenvalue weighted by Crippen LogP contribution is -2.23. The van der Waals surface area contributed by atoms with Crippen LogP contribution >= 0.6 is 0 Å². The molecule has 0 bridgehead atoms. The number of hydrogen-bond acceptors (Lipinski definition) is 2. The summed E-state index contributed by atoms with van der Waals surface area (Å²) in [5.41, 5.74) is 10.3. The first-order valence-electron chi connectivity index (χ1n) is 6.47. The minimum atomic E-state index is -0.541. The quantitative estimate of drug-likeness (QED) is 0.909. The largest absolute Gasteiger partial charge is 0.318 e. The van der Waals surface area contributed by atoms with Gasteiger partial charge in [0.1, 0.15) is 0 Å². The number of carbonyl (C=O) groups excluding carboxylic acids is 1. The van der Waals surface area contributed by atoms with Crippen LogP contribution in [0.4, 0.5) is 0 Å². The van der Waals surface area contributed by atoms with Crippen LogP contribution in [-0.4, -0.2) is 5.78 Å². The molecule has 2 heteroatoms. The maximum Gasteiger partial charge on any atom is 0.158 e. The van der Waals surface area contributed by atoms with Crippen molar-refractivity contribution < 1.29 is 4.79 Å². The lowest BCUT2D eigenvalue weighted by molar-refractivity contribution is -0.119. The van der Waals surface area contributed by atoms with Crippen molar-refractivity contribution in [2.45, 2.75) is 26.3 Å². The number of benzene rings is 2. The fourth-order valence-electron chi connectivity index (χ4n) is 2.13. The standard InChI is InChI=1S/C17H19NO/c1-12-8-9-13(2)15(10-12)11-16(19)17(18)14-6-4-3-5-7-14/h3-10,17H,11,18H2,1-2H3/t17-/m1/s1. The molecule has 0 amide bonds. The molecule has 2 rings (SSSR count). The molecular weight excluding hydrogens is 234 g/mol. The first kappa shape index (κ1) is 13.5. The molecule has 0 aliphatic heterocycles. The molecule has 0 saturated carbocycles. The van der Waals surface area contributed by atoms with Gasteiger partial charge in [0.2, 0.25) is 0 Å². The van der Waals surface area contributed by atoms with Crippen LogP contribution in [0.1, 0.15) is 28.3 Å². The average molecular weight is 253 g/mol. The van der Waals surface area contributed by atoms with E-state index in [1.807, 2.05) is 50.2 Å². The zero-order chi connectivity index (χ0) is 13.8. The normalized spacial score (nSPS) is 12.2. The Labute approximate surface area is 114 Å². The van der Waals surface area contributed by atoms with Gasteiger partial charge in [-0.2, -0.15) is 0 Å². The van der Waals surface area contributed by atoms with Crippen molar-refractivity contribution in [2.75, 3.05) is 0 Å². The molecule has 0 spiro atoms. The van der Waals surface area contributed by atoms with E-state index < -0.39 is 6.04 Å². The Morgan fingerprint density at radius 2 is 1.79 bits per heavy atom. The van der Waals surface area contributed by atoms with Crippen molar-refractivity contribution in [2.24, 2.45) is 5.73 Å². The van der Waals surface area contributed by atoms with Gasteiger partial charge < -0.3 is 5.73 Å². The monoisotopic (exact) mass is 253 g/mol. The third-order valence-corrected chi connectivity index (χ3v) is 3.37. The lowest BCUT2D eigenvalue weighted by Gasteiger charge is -2.12. The SMILES string of the molecule is Cc1ccc(C)c(CC(=O)[C@H](N)c2ccccc2)c1. The second kappa shape index (κ2) is 5.81. The van der Waals surface area contributed by atoms with Crippen molar-refractivity contribution in [3.05, 3.63) is 70.8 Å². The number of Topliss-reactive ketones (excluding diaryl/α,β-unsaturated/α-hetero) is 1. The summed E-state index contributed by atoms with van der Waals surface area (Å²) in [5, 5.41) is 0. The van der Waals surface area contributed by atoms with Crippen LogP contribution in [0.15, 0.2) is 48.5 Å². The molecule has 2 N–H and O–H groups in total. The molecule has 2 nitrogen and oxygen atoms in total. The van der Waals surface area contributed by atoms with E-state index in [-0.39, 0.29) is 5.78 Å². The third-order valence-electron chi connectivity index (χ3n) is 3.37. The number of carbonyl (C=O) groups is 1. The zero-order valence-electron chi connectivity index (χ0n) is 11.4. The number of rotatable bonds is 4. The van der Waals surface area contributed by atoms with E-state index in [2.05, 4.69) is 12.1 Å². The highest BCUT2D eigenvalue weighted by Crippen LogP contribution is 2.16. The Hall–Kier alpha value is -1.93. The molecule has 0 aliphatic carbocycles. The maximum absolute atomic E-state index is 12.3. The van der Waals surface area contributed by atoms with Crippen molar-refractivity contribution in [3.8, 4) is 0 Å². The van der Waals surface area contributed by atoms with Crippen molar-refractivity contribution in [1.29, 1.82) is 0 Å². The second-order valence-electron chi connectivity index (χ2n) is 4.96. The Kier molecular flexibility index (Phi) is 4.13. The van der Waals surface area contributed by atoms with E-state index in [1.165, 1.54) is 5.56 Å². The van der Waals surface area contributed by atoms with Gasteiger partial charge in [0.15, 0.2) is 5.78 Å². The van der Waals surface area contributed by atoms with E-state index in [0.717, 1.165) is 16.7 Å². The van der Waals surface area contributed by atoms with Crippen LogP contribution in [0.3, 0.4) is 0 Å². The molecule has 2 aromatic rings. The highest BCUT2D eigenvalue weighted by molar-refractivity contribution is 5.87. The summed E-state index contributed by atoms with van der Waals surface area (Å²) in [4.78, 5) is 12.3. The molecule has 0 fully saturated rings. The number of aryl methyl sites for hydroxylation is 2. The molecule has 1 atom stereocenters. The highest BCUT2D eigenvalue weighted by Gasteiger charge is 2.16. The fourth-order valence-corrected chi connectivity index (χ4v) is 2.13. The van der Waals surface area contributed by atoms with Crippen molar-refractivity contribution >= 4 is 5.78 Å². The Morgan fingerprint density at radius 1 is 1.11 bits per heavy atom. The van der Waals surface area contributed by atoms with E-state index in [4.69, 9.17) is 5.73 Å². The number of nitrogens with two attached hydrogens (primary N) is 1. The van der Waals surface area contributed by atoms with E-state index in [1.54, 1.807) is 0 Å². The van der Waals surface area contributed by atoms with Gasteiger partial charge in [0.05, 0.1) is 6.04 Å². The summed E-state index contributed by atoms with van der Waals surface area (Å²) >= 11 is 0. The summed E-state index contributed by atoms with van der Waals surface area (Å²) < 4.78 is 0. The van der Waals surface area contributed by atoms with Gasteiger partial charge in [0.25, 0.3) is 0 Å². The van der Waals surface area contributed by atoms with Crippen LogP contribution in [0.2, 0.25) is 0 Å². The van der Waals surface area contributed by atoms with Gasteiger partial charge in [-0.1, -0.05) is 54.1 Å². The lowest BCUT2D eigenvalue weighted by atomic mass is 9.95. The minimum absolute atomic E-state index is 0.0555. The second-order valence-corrected chi connectivity index (χ2v) is 4.96.